The fourth-order valence-corrected chi connectivity index (χ4v) is 2.82. The highest BCUT2D eigenvalue weighted by molar-refractivity contribution is 5.88. The Morgan fingerprint density at radius 3 is 2.52 bits per heavy atom. The SMILES string of the molecule is Cc1cccc(CN2CCN(C(C)(C)C(N)=NO)CC2)c1. The molecule has 5 heteroatoms. The lowest BCUT2D eigenvalue weighted by molar-refractivity contribution is 0.0794. The van der Waals surface area contributed by atoms with Gasteiger partial charge in [0.05, 0.1) is 5.54 Å². The summed E-state index contributed by atoms with van der Waals surface area (Å²) in [7, 11) is 0. The third-order valence-corrected chi connectivity index (χ3v) is 4.39. The maximum absolute atomic E-state index is 8.90. The topological polar surface area (TPSA) is 65.1 Å². The first-order chi connectivity index (χ1) is 9.93. The number of nitrogens with two attached hydrogens (primary N) is 1. The van der Waals surface area contributed by atoms with Crippen LogP contribution in [0.3, 0.4) is 0 Å². The molecule has 0 amide bonds. The van der Waals surface area contributed by atoms with E-state index in [0.29, 0.717) is 0 Å². The van der Waals surface area contributed by atoms with Crippen LogP contribution in [-0.2, 0) is 6.54 Å². The van der Waals surface area contributed by atoms with Gasteiger partial charge in [0.15, 0.2) is 5.84 Å². The van der Waals surface area contributed by atoms with Crippen molar-refractivity contribution in [3.63, 3.8) is 0 Å². The highest BCUT2D eigenvalue weighted by Crippen LogP contribution is 2.18. The fourth-order valence-electron chi connectivity index (χ4n) is 2.82. The molecule has 1 fully saturated rings. The molecule has 0 unspecified atom stereocenters. The Labute approximate surface area is 127 Å². The molecule has 1 aliphatic heterocycles. The standard InChI is InChI=1S/C16H26N4O/c1-13-5-4-6-14(11-13)12-19-7-9-20(10-8-19)16(2,3)15(17)18-21/h4-6,11,21H,7-10,12H2,1-3H3,(H2,17,18). The van der Waals surface area contributed by atoms with Crippen molar-refractivity contribution in [1.82, 2.24) is 9.80 Å². The van der Waals surface area contributed by atoms with Crippen molar-refractivity contribution >= 4 is 5.84 Å². The van der Waals surface area contributed by atoms with Crippen LogP contribution >= 0.6 is 0 Å². The predicted molar refractivity (Wildman–Crippen MR) is 85.5 cm³/mol. The normalized spacial score (nSPS) is 18.9. The molecule has 1 saturated heterocycles. The molecule has 2 rings (SSSR count). The van der Waals surface area contributed by atoms with Crippen LogP contribution in [0.4, 0.5) is 0 Å². The zero-order valence-electron chi connectivity index (χ0n) is 13.2. The maximum atomic E-state index is 8.90. The molecule has 0 saturated carbocycles. The summed E-state index contributed by atoms with van der Waals surface area (Å²) in [6.45, 7) is 11.0. The van der Waals surface area contributed by atoms with E-state index in [2.05, 4.69) is 46.1 Å². The molecule has 1 heterocycles. The zero-order valence-corrected chi connectivity index (χ0v) is 13.2. The second-order valence-corrected chi connectivity index (χ2v) is 6.30. The highest BCUT2D eigenvalue weighted by Gasteiger charge is 2.33. The smallest absolute Gasteiger partial charge is 0.159 e. The monoisotopic (exact) mass is 290 g/mol. The lowest BCUT2D eigenvalue weighted by atomic mass is 10.00. The number of piperazine rings is 1. The Morgan fingerprint density at radius 2 is 1.95 bits per heavy atom. The first-order valence-corrected chi connectivity index (χ1v) is 7.44. The van der Waals surface area contributed by atoms with Crippen LogP contribution in [-0.4, -0.2) is 52.6 Å². The van der Waals surface area contributed by atoms with Crippen molar-refractivity contribution in [3.8, 4) is 0 Å². The van der Waals surface area contributed by atoms with Gasteiger partial charge in [-0.15, -0.1) is 0 Å². The van der Waals surface area contributed by atoms with Gasteiger partial charge in [0.2, 0.25) is 0 Å². The summed E-state index contributed by atoms with van der Waals surface area (Å²) in [5, 5.41) is 12.1. The summed E-state index contributed by atoms with van der Waals surface area (Å²) in [6, 6.07) is 8.66. The molecule has 1 aliphatic rings. The Kier molecular flexibility index (Phi) is 4.85. The van der Waals surface area contributed by atoms with Gasteiger partial charge in [0.25, 0.3) is 0 Å². The molecule has 116 valence electrons. The zero-order chi connectivity index (χ0) is 15.5. The quantitative estimate of drug-likeness (QED) is 0.383. The van der Waals surface area contributed by atoms with Gasteiger partial charge in [-0.3, -0.25) is 9.80 Å². The van der Waals surface area contributed by atoms with Crippen molar-refractivity contribution in [2.24, 2.45) is 10.9 Å². The highest BCUT2D eigenvalue weighted by atomic mass is 16.4. The lowest BCUT2D eigenvalue weighted by Gasteiger charge is -2.43. The van der Waals surface area contributed by atoms with Crippen LogP contribution in [0.2, 0.25) is 0 Å². The molecule has 3 N–H and O–H groups in total. The number of amidine groups is 1. The first-order valence-electron chi connectivity index (χ1n) is 7.44. The summed E-state index contributed by atoms with van der Waals surface area (Å²) in [4.78, 5) is 4.72. The summed E-state index contributed by atoms with van der Waals surface area (Å²) >= 11 is 0. The molecule has 0 atom stereocenters. The maximum Gasteiger partial charge on any atom is 0.159 e. The Balaban J connectivity index is 1.92. The fraction of sp³-hybridized carbons (Fsp3) is 0.562. The van der Waals surface area contributed by atoms with Crippen LogP contribution in [0.5, 0.6) is 0 Å². The average Bonchev–Trinajstić information content (AvgIpc) is 2.47. The molecular formula is C16H26N4O. The van der Waals surface area contributed by atoms with Gasteiger partial charge in [-0.2, -0.15) is 0 Å². The van der Waals surface area contributed by atoms with Gasteiger partial charge in [0.1, 0.15) is 0 Å². The van der Waals surface area contributed by atoms with Crippen molar-refractivity contribution in [3.05, 3.63) is 35.4 Å². The number of oxime groups is 1. The number of nitrogens with zero attached hydrogens (tertiary/aromatic N) is 3. The van der Waals surface area contributed by atoms with Crippen LogP contribution < -0.4 is 5.73 Å². The molecule has 0 aromatic heterocycles. The van der Waals surface area contributed by atoms with Gasteiger partial charge < -0.3 is 10.9 Å². The van der Waals surface area contributed by atoms with Gasteiger partial charge in [0, 0.05) is 32.7 Å². The van der Waals surface area contributed by atoms with Crippen LogP contribution in [0.15, 0.2) is 29.4 Å². The molecule has 21 heavy (non-hydrogen) atoms. The van der Waals surface area contributed by atoms with E-state index >= 15 is 0 Å². The van der Waals surface area contributed by atoms with Gasteiger partial charge in [-0.05, 0) is 26.3 Å². The van der Waals surface area contributed by atoms with E-state index in [-0.39, 0.29) is 5.84 Å². The molecule has 5 nitrogen and oxygen atoms in total. The van der Waals surface area contributed by atoms with Crippen LogP contribution in [0, 0.1) is 6.92 Å². The van der Waals surface area contributed by atoms with Crippen molar-refractivity contribution in [1.29, 1.82) is 0 Å². The number of rotatable bonds is 4. The van der Waals surface area contributed by atoms with E-state index in [1.165, 1.54) is 11.1 Å². The lowest BCUT2D eigenvalue weighted by Crippen LogP contribution is -2.59. The molecule has 0 radical (unpaired) electrons. The minimum atomic E-state index is -0.399. The third kappa shape index (κ3) is 3.74. The number of benzene rings is 1. The predicted octanol–water partition coefficient (Wildman–Crippen LogP) is 1.64. The van der Waals surface area contributed by atoms with Crippen molar-refractivity contribution in [2.75, 3.05) is 26.2 Å². The Morgan fingerprint density at radius 1 is 1.29 bits per heavy atom. The van der Waals surface area contributed by atoms with E-state index in [1.54, 1.807) is 0 Å². The summed E-state index contributed by atoms with van der Waals surface area (Å²) in [6.07, 6.45) is 0. The van der Waals surface area contributed by atoms with Crippen molar-refractivity contribution < 1.29 is 5.21 Å². The van der Waals surface area contributed by atoms with E-state index in [4.69, 9.17) is 10.9 Å². The Bertz CT molecular complexity index is 505. The number of aryl methyl sites for hydroxylation is 1. The molecule has 1 aromatic rings. The summed E-state index contributed by atoms with van der Waals surface area (Å²) in [5.41, 5.74) is 8.07. The minimum absolute atomic E-state index is 0.273. The molecule has 0 bridgehead atoms. The van der Waals surface area contributed by atoms with Gasteiger partial charge in [-0.1, -0.05) is 35.0 Å². The van der Waals surface area contributed by atoms with E-state index in [9.17, 15) is 0 Å². The number of hydrogen-bond donors (Lipinski definition) is 2. The minimum Gasteiger partial charge on any atom is -0.409 e. The first kappa shape index (κ1) is 15.8. The number of hydrogen-bond acceptors (Lipinski definition) is 4. The molecule has 1 aromatic carbocycles. The Hall–Kier alpha value is -1.59. The van der Waals surface area contributed by atoms with Crippen LogP contribution in [0.25, 0.3) is 0 Å². The average molecular weight is 290 g/mol. The second-order valence-electron chi connectivity index (χ2n) is 6.30. The summed E-state index contributed by atoms with van der Waals surface area (Å²) in [5.74, 6) is 0.273. The van der Waals surface area contributed by atoms with E-state index < -0.39 is 5.54 Å². The molecule has 0 spiro atoms. The summed E-state index contributed by atoms with van der Waals surface area (Å²) < 4.78 is 0. The third-order valence-electron chi connectivity index (χ3n) is 4.39. The molecule has 0 aliphatic carbocycles. The van der Waals surface area contributed by atoms with Gasteiger partial charge in [-0.25, -0.2) is 0 Å². The van der Waals surface area contributed by atoms with Crippen LogP contribution in [0.1, 0.15) is 25.0 Å². The second kappa shape index (κ2) is 6.45. The van der Waals surface area contributed by atoms with E-state index in [0.717, 1.165) is 32.7 Å². The van der Waals surface area contributed by atoms with Crippen molar-refractivity contribution in [2.45, 2.75) is 32.9 Å². The van der Waals surface area contributed by atoms with E-state index in [1.807, 2.05) is 13.8 Å². The van der Waals surface area contributed by atoms with Gasteiger partial charge >= 0.3 is 0 Å². The molecular weight excluding hydrogens is 264 g/mol. The largest absolute Gasteiger partial charge is 0.409 e.